The molecule has 1 unspecified atom stereocenters. The Bertz CT molecular complexity index is 2160. The zero-order chi connectivity index (χ0) is 39.9. The van der Waals surface area contributed by atoms with Gasteiger partial charge in [0.25, 0.3) is 11.5 Å². The van der Waals surface area contributed by atoms with Gasteiger partial charge in [-0.1, -0.05) is 36.4 Å². The molecule has 0 radical (unpaired) electrons. The summed E-state index contributed by atoms with van der Waals surface area (Å²) >= 11 is 0. The fourth-order valence-electron chi connectivity index (χ4n) is 6.22. The average Bonchev–Trinajstić information content (AvgIpc) is 3.56. The maximum atomic E-state index is 14.6. The number of nitrogens with zero attached hydrogens (tertiary/aromatic N) is 1. The molecule has 0 aliphatic carbocycles. The SMILES string of the molecule is Cc1ccc(C(=O)N2CC[C@](c3ccc(C(OCc4c(F)cccc4F)(C(F)(F)F)C(F)(F)F)cc3)(S(=O)(=O)c3ccc(F)cc3)C2)cc1S(=O)NC=O. The number of alkyl halides is 6. The molecule has 2 atom stereocenters. The number of likely N-dealkylation sites (tertiary alicyclic amines) is 1. The lowest BCUT2D eigenvalue weighted by Crippen LogP contribution is -2.56. The number of carbonyl (C=O) groups excluding carboxylic acids is 2. The number of halogens is 9. The molecule has 1 aliphatic rings. The van der Waals surface area contributed by atoms with Crippen LogP contribution in [0.1, 0.15) is 39.0 Å². The lowest BCUT2D eigenvalue weighted by Gasteiger charge is -2.38. The number of amides is 2. The summed E-state index contributed by atoms with van der Waals surface area (Å²) in [5.74, 6) is -4.55. The van der Waals surface area contributed by atoms with E-state index in [1.807, 2.05) is 4.72 Å². The molecule has 1 fully saturated rings. The van der Waals surface area contributed by atoms with Crippen molar-refractivity contribution < 1.29 is 66.5 Å². The first-order valence-electron chi connectivity index (χ1n) is 15.5. The van der Waals surface area contributed by atoms with Crippen LogP contribution in [0.3, 0.4) is 0 Å². The zero-order valence-electron chi connectivity index (χ0n) is 27.6. The van der Waals surface area contributed by atoms with Gasteiger partial charge in [-0.15, -0.1) is 0 Å². The Kier molecular flexibility index (Phi) is 11.1. The predicted octanol–water partition coefficient (Wildman–Crippen LogP) is 6.93. The molecule has 2 amide bonds. The van der Waals surface area contributed by atoms with Gasteiger partial charge in [0.05, 0.1) is 16.4 Å². The quantitative estimate of drug-likeness (QED) is 0.100. The number of benzene rings is 4. The standard InChI is InChI=1S/C35H27F9N2O6S2/c1-21-5-6-22(17-30(21)53(49)45-20-47)31(48)46-16-15-32(19-46,54(50,51)26-13-11-25(36)12-14-26)23-7-9-24(10-8-23)33(34(39,40)41,35(42,43)44)52-18-27-28(37)3-2-4-29(27)38/h2-14,17,20H,15-16,18-19H2,1H3,(H,45,47)/t32-,53?/m0/s1. The normalized spacial score (nSPS) is 17.3. The molecule has 0 saturated carbocycles. The van der Waals surface area contributed by atoms with Crippen molar-refractivity contribution in [2.75, 3.05) is 13.1 Å². The molecule has 4 aromatic carbocycles. The average molecular weight is 807 g/mol. The highest BCUT2D eigenvalue weighted by molar-refractivity contribution is 7.92. The van der Waals surface area contributed by atoms with Crippen LogP contribution in [0.5, 0.6) is 0 Å². The predicted molar refractivity (Wildman–Crippen MR) is 174 cm³/mol. The molecule has 19 heteroatoms. The van der Waals surface area contributed by atoms with Crippen molar-refractivity contribution in [1.82, 2.24) is 9.62 Å². The van der Waals surface area contributed by atoms with Crippen LogP contribution in [0.4, 0.5) is 39.5 Å². The van der Waals surface area contributed by atoms with E-state index < -0.39 is 102 Å². The topological polar surface area (TPSA) is 110 Å². The first-order chi connectivity index (χ1) is 25.2. The third-order valence-electron chi connectivity index (χ3n) is 9.06. The van der Waals surface area contributed by atoms with Crippen molar-refractivity contribution in [3.8, 4) is 0 Å². The van der Waals surface area contributed by atoms with Crippen molar-refractivity contribution in [2.24, 2.45) is 0 Å². The van der Waals surface area contributed by atoms with E-state index in [-0.39, 0.29) is 29.0 Å². The number of hydrogen-bond donors (Lipinski definition) is 1. The van der Waals surface area contributed by atoms with Gasteiger partial charge < -0.3 is 9.64 Å². The number of nitrogens with one attached hydrogen (secondary N) is 1. The second-order valence-corrected chi connectivity index (χ2v) is 15.6. The molecule has 4 aromatic rings. The van der Waals surface area contributed by atoms with E-state index in [1.165, 1.54) is 18.2 Å². The number of sulfone groups is 1. The van der Waals surface area contributed by atoms with Crippen molar-refractivity contribution in [3.05, 3.63) is 130 Å². The number of ether oxygens (including phenoxy) is 1. The summed E-state index contributed by atoms with van der Waals surface area (Å²) in [6.07, 6.45) is -12.8. The van der Waals surface area contributed by atoms with Crippen LogP contribution >= 0.6 is 0 Å². The van der Waals surface area contributed by atoms with E-state index in [4.69, 9.17) is 0 Å². The van der Waals surface area contributed by atoms with Gasteiger partial charge >= 0.3 is 12.4 Å². The van der Waals surface area contributed by atoms with Crippen molar-refractivity contribution in [1.29, 1.82) is 0 Å². The molecular formula is C35H27F9N2O6S2. The number of aryl methyl sites for hydroxylation is 1. The molecular weight excluding hydrogens is 780 g/mol. The van der Waals surface area contributed by atoms with Gasteiger partial charge in [0.15, 0.2) is 20.8 Å². The summed E-state index contributed by atoms with van der Waals surface area (Å²) in [7, 11) is -6.80. The van der Waals surface area contributed by atoms with Crippen LogP contribution in [-0.4, -0.2) is 55.3 Å². The minimum Gasteiger partial charge on any atom is -0.349 e. The molecule has 0 spiro atoms. The Morgan fingerprint density at radius 1 is 0.907 bits per heavy atom. The minimum atomic E-state index is -6.28. The summed E-state index contributed by atoms with van der Waals surface area (Å²) in [6.45, 7) is -1.27. The minimum absolute atomic E-state index is 0.0469. The Morgan fingerprint density at radius 3 is 2.06 bits per heavy atom. The highest BCUT2D eigenvalue weighted by Gasteiger charge is 2.73. The highest BCUT2D eigenvalue weighted by atomic mass is 32.2. The van der Waals surface area contributed by atoms with E-state index in [0.717, 1.165) is 35.2 Å². The van der Waals surface area contributed by atoms with Crippen LogP contribution in [-0.2, 0) is 47.3 Å². The van der Waals surface area contributed by atoms with Crippen LogP contribution < -0.4 is 4.72 Å². The lowest BCUT2D eigenvalue weighted by atomic mass is 9.88. The first kappa shape index (κ1) is 40.4. The molecule has 1 N–H and O–H groups in total. The molecule has 5 rings (SSSR count). The molecule has 288 valence electrons. The summed E-state index contributed by atoms with van der Waals surface area (Å²) in [5.41, 5.74) is -8.00. The van der Waals surface area contributed by atoms with Crippen LogP contribution in [0.25, 0.3) is 0 Å². The maximum absolute atomic E-state index is 14.6. The van der Waals surface area contributed by atoms with Gasteiger partial charge in [-0.2, -0.15) is 26.3 Å². The summed E-state index contributed by atoms with van der Waals surface area (Å²) in [6, 6.07) is 11.5. The Hall–Kier alpha value is -4.75. The smallest absolute Gasteiger partial charge is 0.349 e. The maximum Gasteiger partial charge on any atom is 0.430 e. The van der Waals surface area contributed by atoms with Gasteiger partial charge in [-0.3, -0.25) is 14.3 Å². The third-order valence-corrected chi connectivity index (χ3v) is 12.7. The summed E-state index contributed by atoms with van der Waals surface area (Å²) in [5, 5.41) is 0. The Morgan fingerprint density at radius 2 is 1.50 bits per heavy atom. The second kappa shape index (κ2) is 14.8. The van der Waals surface area contributed by atoms with Crippen LogP contribution in [0, 0.1) is 24.4 Å². The van der Waals surface area contributed by atoms with Crippen LogP contribution in [0.2, 0.25) is 0 Å². The van der Waals surface area contributed by atoms with Crippen molar-refractivity contribution in [2.45, 2.75) is 52.4 Å². The van der Waals surface area contributed by atoms with E-state index >= 15 is 0 Å². The molecule has 1 heterocycles. The fraction of sp³-hybridized carbons (Fsp3) is 0.257. The van der Waals surface area contributed by atoms with Crippen molar-refractivity contribution in [3.63, 3.8) is 0 Å². The number of rotatable bonds is 11. The van der Waals surface area contributed by atoms with E-state index in [1.54, 1.807) is 6.92 Å². The molecule has 0 bridgehead atoms. The molecule has 1 aliphatic heterocycles. The largest absolute Gasteiger partial charge is 0.430 e. The molecule has 8 nitrogen and oxygen atoms in total. The fourth-order valence-corrected chi connectivity index (χ4v) is 9.11. The second-order valence-electron chi connectivity index (χ2n) is 12.2. The number of hydrogen-bond acceptors (Lipinski definition) is 6. The zero-order valence-corrected chi connectivity index (χ0v) is 29.2. The van der Waals surface area contributed by atoms with Gasteiger partial charge in [-0.25, -0.2) is 25.8 Å². The summed E-state index contributed by atoms with van der Waals surface area (Å²) in [4.78, 5) is 25.2. The van der Waals surface area contributed by atoms with Gasteiger partial charge in [-0.05, 0) is 73.0 Å². The molecule has 0 aromatic heterocycles. The van der Waals surface area contributed by atoms with Crippen LogP contribution in [0.15, 0.2) is 94.7 Å². The lowest BCUT2D eigenvalue weighted by molar-refractivity contribution is -0.392. The van der Waals surface area contributed by atoms with E-state index in [2.05, 4.69) is 4.74 Å². The van der Waals surface area contributed by atoms with E-state index in [0.29, 0.717) is 42.0 Å². The van der Waals surface area contributed by atoms with Crippen molar-refractivity contribution >= 4 is 33.1 Å². The van der Waals surface area contributed by atoms with E-state index in [9.17, 15) is 61.7 Å². The first-order valence-corrected chi connectivity index (χ1v) is 18.2. The molecule has 1 saturated heterocycles. The highest BCUT2D eigenvalue weighted by Crippen LogP contribution is 2.54. The van der Waals surface area contributed by atoms with Gasteiger partial charge in [0.2, 0.25) is 6.41 Å². The van der Waals surface area contributed by atoms with Gasteiger partial charge in [0.1, 0.15) is 22.2 Å². The molecule has 54 heavy (non-hydrogen) atoms. The summed E-state index contributed by atoms with van der Waals surface area (Å²) < 4.78 is 175. The third kappa shape index (κ3) is 7.11. The Labute approximate surface area is 304 Å². The Balaban J connectivity index is 1.61. The monoisotopic (exact) mass is 806 g/mol. The number of carbonyl (C=O) groups is 2. The van der Waals surface area contributed by atoms with Gasteiger partial charge in [0, 0.05) is 29.8 Å².